The van der Waals surface area contributed by atoms with Gasteiger partial charge < -0.3 is 24.1 Å². The number of hydrogen-bond acceptors (Lipinski definition) is 7. The lowest BCUT2D eigenvalue weighted by molar-refractivity contribution is -0.149. The monoisotopic (exact) mass is 573 g/mol. The molecule has 0 radical (unpaired) electrons. The van der Waals surface area contributed by atoms with Crippen LogP contribution in [0.5, 0.6) is 11.5 Å². The maximum atomic E-state index is 11.6. The van der Waals surface area contributed by atoms with Crippen LogP contribution in [-0.2, 0) is 19.7 Å². The van der Waals surface area contributed by atoms with Crippen LogP contribution in [0.3, 0.4) is 0 Å². The van der Waals surface area contributed by atoms with Crippen LogP contribution in [0, 0.1) is 0 Å². The number of ether oxygens (including phenoxy) is 4. The standard InChI is InChI=1S/C27H34Cl3NO6/c1-18(32)37-23(15-31-8-10-34-11-9-31)17-35-22-6-4-19(5-7-22)27(2,3)20-12-24(29)26(25(30)13-20)36-16-21(33)14-28/h4-7,12-13,21,23,33H,8-11,14-17H2,1-3H3/t21-,23-/m0/s1. The van der Waals surface area contributed by atoms with E-state index in [2.05, 4.69) is 18.7 Å². The van der Waals surface area contributed by atoms with Gasteiger partial charge in [-0.3, -0.25) is 9.69 Å². The molecule has 0 saturated carbocycles. The molecule has 1 saturated heterocycles. The van der Waals surface area contributed by atoms with E-state index >= 15 is 0 Å². The molecule has 2 aromatic carbocycles. The molecule has 1 N–H and O–H groups in total. The van der Waals surface area contributed by atoms with E-state index in [-0.39, 0.29) is 31.2 Å². The fraction of sp³-hybridized carbons (Fsp3) is 0.519. The Labute approximate surface area is 233 Å². The number of hydrogen-bond donors (Lipinski definition) is 1. The summed E-state index contributed by atoms with van der Waals surface area (Å²) in [5.41, 5.74) is 1.52. The van der Waals surface area contributed by atoms with E-state index in [4.69, 9.17) is 53.8 Å². The highest BCUT2D eigenvalue weighted by Gasteiger charge is 2.26. The first-order valence-electron chi connectivity index (χ1n) is 12.2. The highest BCUT2D eigenvalue weighted by Crippen LogP contribution is 2.40. The van der Waals surface area contributed by atoms with Crippen molar-refractivity contribution in [3.05, 3.63) is 57.6 Å². The van der Waals surface area contributed by atoms with E-state index < -0.39 is 11.5 Å². The van der Waals surface area contributed by atoms with Crippen LogP contribution in [0.2, 0.25) is 10.0 Å². The predicted molar refractivity (Wildman–Crippen MR) is 146 cm³/mol. The summed E-state index contributed by atoms with van der Waals surface area (Å²) < 4.78 is 22.4. The summed E-state index contributed by atoms with van der Waals surface area (Å²) in [6.07, 6.45) is -1.18. The molecule has 1 aliphatic rings. The third-order valence-corrected chi connectivity index (χ3v) is 7.15. The second-order valence-electron chi connectivity index (χ2n) is 9.49. The summed E-state index contributed by atoms with van der Waals surface area (Å²) >= 11 is 18.6. The maximum Gasteiger partial charge on any atom is 0.303 e. The third kappa shape index (κ3) is 8.63. The number of esters is 1. The number of benzene rings is 2. The molecule has 1 aliphatic heterocycles. The largest absolute Gasteiger partial charge is 0.490 e. The predicted octanol–water partition coefficient (Wildman–Crippen LogP) is 4.94. The lowest BCUT2D eigenvalue weighted by Gasteiger charge is -2.30. The topological polar surface area (TPSA) is 77.5 Å². The van der Waals surface area contributed by atoms with Crippen LogP contribution >= 0.6 is 34.8 Å². The summed E-state index contributed by atoms with van der Waals surface area (Å²) in [6, 6.07) is 11.4. The molecule has 10 heteroatoms. The minimum absolute atomic E-state index is 0.00208. The Balaban J connectivity index is 1.66. The molecular weight excluding hydrogens is 541 g/mol. The number of nitrogens with zero attached hydrogens (tertiary/aromatic N) is 1. The maximum absolute atomic E-state index is 11.6. The van der Waals surface area contributed by atoms with E-state index in [1.807, 2.05) is 36.4 Å². The van der Waals surface area contributed by atoms with Gasteiger partial charge in [0, 0.05) is 32.0 Å². The zero-order chi connectivity index (χ0) is 27.0. The van der Waals surface area contributed by atoms with Gasteiger partial charge in [0.05, 0.1) is 29.1 Å². The van der Waals surface area contributed by atoms with Crippen LogP contribution < -0.4 is 9.47 Å². The van der Waals surface area contributed by atoms with Crippen molar-refractivity contribution in [2.45, 2.75) is 38.4 Å². The zero-order valence-electron chi connectivity index (χ0n) is 21.3. The van der Waals surface area contributed by atoms with Crippen LogP contribution in [0.1, 0.15) is 31.9 Å². The summed E-state index contributed by atoms with van der Waals surface area (Å²) in [6.45, 7) is 9.36. The van der Waals surface area contributed by atoms with Crippen LogP contribution in [-0.4, -0.2) is 80.1 Å². The smallest absolute Gasteiger partial charge is 0.303 e. The molecule has 1 heterocycles. The first-order valence-corrected chi connectivity index (χ1v) is 13.5. The average Bonchev–Trinajstić information content (AvgIpc) is 2.87. The number of alkyl halides is 1. The molecule has 204 valence electrons. The highest BCUT2D eigenvalue weighted by atomic mass is 35.5. The summed E-state index contributed by atoms with van der Waals surface area (Å²) in [5.74, 6) is 0.715. The minimum atomic E-state index is -0.811. The second kappa shape index (κ2) is 13.9. The first kappa shape index (κ1) is 29.8. The average molecular weight is 575 g/mol. The van der Waals surface area contributed by atoms with E-state index in [1.165, 1.54) is 6.92 Å². The summed E-state index contributed by atoms with van der Waals surface area (Å²) in [7, 11) is 0. The minimum Gasteiger partial charge on any atom is -0.490 e. The Bertz CT molecular complexity index is 1000. The van der Waals surface area contributed by atoms with Crippen molar-refractivity contribution < 1.29 is 28.8 Å². The van der Waals surface area contributed by atoms with E-state index in [0.29, 0.717) is 41.3 Å². The lowest BCUT2D eigenvalue weighted by Crippen LogP contribution is -2.43. The van der Waals surface area contributed by atoms with Crippen molar-refractivity contribution in [2.24, 2.45) is 0 Å². The van der Waals surface area contributed by atoms with Gasteiger partial charge in [-0.25, -0.2) is 0 Å². The fourth-order valence-electron chi connectivity index (χ4n) is 4.04. The van der Waals surface area contributed by atoms with Gasteiger partial charge in [-0.15, -0.1) is 11.6 Å². The highest BCUT2D eigenvalue weighted by molar-refractivity contribution is 6.37. The number of rotatable bonds is 12. The molecule has 0 bridgehead atoms. The van der Waals surface area contributed by atoms with Crippen molar-refractivity contribution in [2.75, 3.05) is 51.9 Å². The molecule has 2 atom stereocenters. The van der Waals surface area contributed by atoms with Crippen molar-refractivity contribution in [3.63, 3.8) is 0 Å². The number of carbonyl (C=O) groups is 1. The quantitative estimate of drug-likeness (QED) is 0.284. The van der Waals surface area contributed by atoms with Crippen molar-refractivity contribution in [1.82, 2.24) is 4.90 Å². The zero-order valence-corrected chi connectivity index (χ0v) is 23.6. The van der Waals surface area contributed by atoms with Crippen LogP contribution in [0.4, 0.5) is 0 Å². The molecule has 0 aliphatic carbocycles. The van der Waals surface area contributed by atoms with Gasteiger partial charge in [0.15, 0.2) is 5.75 Å². The van der Waals surface area contributed by atoms with E-state index in [0.717, 1.165) is 24.2 Å². The summed E-state index contributed by atoms with van der Waals surface area (Å²) in [5, 5.41) is 10.4. The molecule has 3 rings (SSSR count). The Hall–Kier alpha value is -1.74. The van der Waals surface area contributed by atoms with Crippen molar-refractivity contribution in [1.29, 1.82) is 0 Å². The van der Waals surface area contributed by atoms with Crippen molar-refractivity contribution in [3.8, 4) is 11.5 Å². The lowest BCUT2D eigenvalue weighted by atomic mass is 9.78. The molecule has 2 aromatic rings. The van der Waals surface area contributed by atoms with Crippen LogP contribution in [0.15, 0.2) is 36.4 Å². The molecular formula is C27H34Cl3NO6. The van der Waals surface area contributed by atoms with Crippen molar-refractivity contribution >= 4 is 40.8 Å². The Morgan fingerprint density at radius 2 is 1.68 bits per heavy atom. The van der Waals surface area contributed by atoms with E-state index in [1.54, 1.807) is 0 Å². The molecule has 1 fully saturated rings. The number of aliphatic hydroxyl groups excluding tert-OH is 1. The van der Waals surface area contributed by atoms with E-state index in [9.17, 15) is 9.90 Å². The molecule has 0 aromatic heterocycles. The molecule has 37 heavy (non-hydrogen) atoms. The second-order valence-corrected chi connectivity index (χ2v) is 10.6. The summed E-state index contributed by atoms with van der Waals surface area (Å²) in [4.78, 5) is 13.8. The van der Waals surface area contributed by atoms with Gasteiger partial charge in [-0.2, -0.15) is 0 Å². The van der Waals surface area contributed by atoms with Gasteiger partial charge in [-0.05, 0) is 35.4 Å². The number of halogens is 3. The van der Waals surface area contributed by atoms with Gasteiger partial charge in [0.2, 0.25) is 0 Å². The van der Waals surface area contributed by atoms with Crippen LogP contribution in [0.25, 0.3) is 0 Å². The molecule has 0 unspecified atom stereocenters. The number of morpholine rings is 1. The molecule has 0 spiro atoms. The first-order chi connectivity index (χ1) is 17.6. The van der Waals surface area contributed by atoms with Gasteiger partial charge >= 0.3 is 5.97 Å². The van der Waals surface area contributed by atoms with Gasteiger partial charge in [0.1, 0.15) is 31.2 Å². The van der Waals surface area contributed by atoms with Gasteiger partial charge in [-0.1, -0.05) is 49.2 Å². The Kier molecular flexibility index (Phi) is 11.2. The Morgan fingerprint density at radius 1 is 1.05 bits per heavy atom. The Morgan fingerprint density at radius 3 is 2.24 bits per heavy atom. The van der Waals surface area contributed by atoms with Gasteiger partial charge in [0.25, 0.3) is 0 Å². The number of carbonyl (C=O) groups excluding carboxylic acids is 1. The number of aliphatic hydroxyl groups is 1. The SMILES string of the molecule is CC(=O)O[C@H](COc1ccc(C(C)(C)c2cc(Cl)c(OC[C@@H](O)CCl)c(Cl)c2)cc1)CN1CCOCC1. The third-order valence-electron chi connectivity index (χ3n) is 6.23. The fourth-order valence-corrected chi connectivity index (χ4v) is 4.72. The normalized spacial score (nSPS) is 16.2. The molecule has 7 nitrogen and oxygen atoms in total. The molecule has 0 amide bonds.